The zero-order chi connectivity index (χ0) is 11.6. The first-order chi connectivity index (χ1) is 6.12. The van der Waals surface area contributed by atoms with Crippen LogP contribution in [0.2, 0.25) is 18.1 Å². The second-order valence-corrected chi connectivity index (χ2v) is 10.6. The maximum atomic E-state index is 8.89. The highest BCUT2D eigenvalue weighted by Gasteiger charge is 2.40. The summed E-state index contributed by atoms with van der Waals surface area (Å²) in [7, 11) is -1.86. The van der Waals surface area contributed by atoms with Crippen molar-refractivity contribution in [2.45, 2.75) is 57.3 Å². The predicted octanol–water partition coefficient (Wildman–Crippen LogP) is 3.53. The number of hydrogen-bond acceptors (Lipinski definition) is 2. The first kappa shape index (κ1) is 14.0. The Morgan fingerprint density at radius 2 is 1.79 bits per heavy atom. The molecule has 1 unspecified atom stereocenters. The first-order valence-electron chi connectivity index (χ1n) is 4.83. The molecule has 0 bridgehead atoms. The normalized spacial score (nSPS) is 17.3. The smallest absolute Gasteiger partial charge is 0.193 e. The molecule has 2 nitrogen and oxygen atoms in total. The molecular weight excluding hydrogens is 214 g/mol. The van der Waals surface area contributed by atoms with Crippen LogP contribution in [0, 0.1) is 11.3 Å². The summed E-state index contributed by atoms with van der Waals surface area (Å²) in [6.07, 6.45) is -0.488. The molecule has 0 aliphatic heterocycles. The number of halogens is 1. The van der Waals surface area contributed by atoms with E-state index in [1.165, 1.54) is 0 Å². The van der Waals surface area contributed by atoms with Gasteiger partial charge in [0, 0.05) is 0 Å². The molecular formula is C10H20ClNOSi. The largest absolute Gasteiger partial charge is 0.400 e. The second kappa shape index (κ2) is 4.65. The van der Waals surface area contributed by atoms with Crippen LogP contribution in [0.4, 0.5) is 0 Å². The third kappa shape index (κ3) is 3.60. The standard InChI is InChI=1S/C10H20ClNOSi/c1-8(11)9(7-12)13-14(5,6)10(2,3)4/h8-9H,1-6H3/t8-,9?/m1/s1. The van der Waals surface area contributed by atoms with Gasteiger partial charge in [-0.05, 0) is 25.1 Å². The van der Waals surface area contributed by atoms with E-state index < -0.39 is 14.4 Å². The summed E-state index contributed by atoms with van der Waals surface area (Å²) in [4.78, 5) is 0. The molecule has 0 radical (unpaired) electrons. The van der Waals surface area contributed by atoms with Crippen LogP contribution in [0.25, 0.3) is 0 Å². The lowest BCUT2D eigenvalue weighted by Gasteiger charge is -2.38. The van der Waals surface area contributed by atoms with Crippen LogP contribution in [0.15, 0.2) is 0 Å². The molecule has 14 heavy (non-hydrogen) atoms. The van der Waals surface area contributed by atoms with Gasteiger partial charge in [-0.25, -0.2) is 0 Å². The van der Waals surface area contributed by atoms with Gasteiger partial charge >= 0.3 is 0 Å². The average Bonchev–Trinajstić information content (AvgIpc) is 1.97. The molecule has 4 heteroatoms. The summed E-state index contributed by atoms with van der Waals surface area (Å²) >= 11 is 5.87. The maximum absolute atomic E-state index is 8.89. The lowest BCUT2D eigenvalue weighted by molar-refractivity contribution is 0.230. The lowest BCUT2D eigenvalue weighted by atomic mass is 10.2. The van der Waals surface area contributed by atoms with Gasteiger partial charge in [0.25, 0.3) is 0 Å². The summed E-state index contributed by atoms with van der Waals surface area (Å²) < 4.78 is 5.86. The van der Waals surface area contributed by atoms with Crippen LogP contribution in [0.5, 0.6) is 0 Å². The van der Waals surface area contributed by atoms with Crippen LogP contribution < -0.4 is 0 Å². The van der Waals surface area contributed by atoms with Gasteiger partial charge in [0.05, 0.1) is 11.4 Å². The Morgan fingerprint density at radius 1 is 1.36 bits per heavy atom. The molecule has 0 amide bonds. The van der Waals surface area contributed by atoms with Gasteiger partial charge in [0.1, 0.15) is 6.10 Å². The van der Waals surface area contributed by atoms with Gasteiger partial charge in [-0.3, -0.25) is 0 Å². The molecule has 0 spiro atoms. The van der Waals surface area contributed by atoms with E-state index in [-0.39, 0.29) is 10.4 Å². The highest BCUT2D eigenvalue weighted by atomic mass is 35.5. The van der Waals surface area contributed by atoms with Gasteiger partial charge < -0.3 is 4.43 Å². The van der Waals surface area contributed by atoms with Gasteiger partial charge in [-0.2, -0.15) is 5.26 Å². The molecule has 0 aromatic carbocycles. The third-order valence-corrected chi connectivity index (χ3v) is 7.46. The molecule has 0 heterocycles. The zero-order valence-corrected chi connectivity index (χ0v) is 11.6. The molecule has 0 rings (SSSR count). The van der Waals surface area contributed by atoms with Gasteiger partial charge in [-0.15, -0.1) is 11.6 Å². The topological polar surface area (TPSA) is 33.0 Å². The maximum Gasteiger partial charge on any atom is 0.193 e. The molecule has 0 saturated heterocycles. The minimum Gasteiger partial charge on any atom is -0.400 e. The van der Waals surface area contributed by atoms with E-state index in [0.717, 1.165) is 0 Å². The van der Waals surface area contributed by atoms with E-state index in [9.17, 15) is 0 Å². The summed E-state index contributed by atoms with van der Waals surface area (Å²) in [6.45, 7) is 12.5. The van der Waals surface area contributed by atoms with E-state index in [1.807, 2.05) is 0 Å². The molecule has 0 aromatic rings. The van der Waals surface area contributed by atoms with Crippen molar-refractivity contribution in [2.24, 2.45) is 0 Å². The van der Waals surface area contributed by atoms with Crippen molar-refractivity contribution in [2.75, 3.05) is 0 Å². The number of hydrogen-bond donors (Lipinski definition) is 0. The summed E-state index contributed by atoms with van der Waals surface area (Å²) in [5, 5.41) is 8.75. The van der Waals surface area contributed by atoms with E-state index in [2.05, 4.69) is 39.9 Å². The molecule has 2 atom stereocenters. The summed E-state index contributed by atoms with van der Waals surface area (Å²) in [5.41, 5.74) is 0. The van der Waals surface area contributed by atoms with Crippen molar-refractivity contribution in [1.29, 1.82) is 5.26 Å². The SMILES string of the molecule is C[C@@H](Cl)C(C#N)O[Si](C)(C)C(C)(C)C. The Labute approximate surface area is 93.3 Å². The lowest BCUT2D eigenvalue weighted by Crippen LogP contribution is -2.45. The molecule has 0 aliphatic carbocycles. The Bertz CT molecular complexity index is 227. The minimum atomic E-state index is -1.86. The van der Waals surface area contributed by atoms with Crippen LogP contribution in [-0.4, -0.2) is 19.8 Å². The van der Waals surface area contributed by atoms with Crippen molar-refractivity contribution >= 4 is 19.9 Å². The second-order valence-electron chi connectivity index (χ2n) is 5.11. The van der Waals surface area contributed by atoms with Crippen molar-refractivity contribution in [3.8, 4) is 6.07 Å². The van der Waals surface area contributed by atoms with Gasteiger partial charge in [0.15, 0.2) is 8.32 Å². The fraction of sp³-hybridized carbons (Fsp3) is 0.900. The van der Waals surface area contributed by atoms with Crippen molar-refractivity contribution in [1.82, 2.24) is 0 Å². The fourth-order valence-electron chi connectivity index (χ4n) is 0.717. The van der Waals surface area contributed by atoms with Crippen molar-refractivity contribution in [3.63, 3.8) is 0 Å². The number of nitriles is 1. The average molecular weight is 234 g/mol. The van der Waals surface area contributed by atoms with E-state index in [0.29, 0.717) is 0 Å². The first-order valence-corrected chi connectivity index (χ1v) is 8.18. The molecule has 0 aromatic heterocycles. The van der Waals surface area contributed by atoms with E-state index in [4.69, 9.17) is 21.3 Å². The molecule has 0 aliphatic rings. The minimum absolute atomic E-state index is 0.119. The van der Waals surface area contributed by atoms with Gasteiger partial charge in [0.2, 0.25) is 0 Å². The highest BCUT2D eigenvalue weighted by Crippen LogP contribution is 2.37. The zero-order valence-electron chi connectivity index (χ0n) is 9.89. The van der Waals surface area contributed by atoms with Crippen LogP contribution in [-0.2, 0) is 4.43 Å². The quantitative estimate of drug-likeness (QED) is 0.552. The van der Waals surface area contributed by atoms with E-state index >= 15 is 0 Å². The predicted molar refractivity (Wildman–Crippen MR) is 63.0 cm³/mol. The van der Waals surface area contributed by atoms with Crippen LogP contribution >= 0.6 is 11.6 Å². The third-order valence-electron chi connectivity index (χ3n) is 2.77. The summed E-state index contributed by atoms with van der Waals surface area (Å²) in [6, 6.07) is 2.11. The molecule has 0 saturated carbocycles. The van der Waals surface area contributed by atoms with Gasteiger partial charge in [-0.1, -0.05) is 20.8 Å². The Hall–Kier alpha value is -0.0431. The van der Waals surface area contributed by atoms with Crippen LogP contribution in [0.3, 0.4) is 0 Å². The Balaban J connectivity index is 4.59. The Kier molecular flexibility index (Phi) is 4.64. The number of alkyl halides is 1. The monoisotopic (exact) mass is 233 g/mol. The van der Waals surface area contributed by atoms with Crippen LogP contribution in [0.1, 0.15) is 27.7 Å². The molecule has 82 valence electrons. The van der Waals surface area contributed by atoms with E-state index in [1.54, 1.807) is 6.92 Å². The fourth-order valence-corrected chi connectivity index (χ4v) is 2.16. The Morgan fingerprint density at radius 3 is 2.00 bits per heavy atom. The highest BCUT2D eigenvalue weighted by molar-refractivity contribution is 6.74. The molecule has 0 fully saturated rings. The molecule has 0 N–H and O–H groups in total. The van der Waals surface area contributed by atoms with Crippen molar-refractivity contribution < 1.29 is 4.43 Å². The number of nitrogens with zero attached hydrogens (tertiary/aromatic N) is 1. The summed E-state index contributed by atoms with van der Waals surface area (Å²) in [5.74, 6) is 0. The van der Waals surface area contributed by atoms with Crippen molar-refractivity contribution in [3.05, 3.63) is 0 Å². The number of rotatable bonds is 3.